The van der Waals surface area contributed by atoms with Crippen LogP contribution < -0.4 is 4.90 Å². The Morgan fingerprint density at radius 3 is 2.83 bits per heavy atom. The molecule has 24 heavy (non-hydrogen) atoms. The van der Waals surface area contributed by atoms with E-state index >= 15 is 0 Å². The van der Waals surface area contributed by atoms with Crippen LogP contribution in [0.4, 0.5) is 5.82 Å². The standard InChI is InChI=1S/C17H20N3O3P/c1-23-24(21,22)19-9-10-20-16(12-19)15-7-3-2-5-13(15)11-14-6-4-8-18-17(14)20/h2-8,16H,9-12H2,1H3,(H,21,22). The summed E-state index contributed by atoms with van der Waals surface area (Å²) in [6, 6.07) is 12.4. The van der Waals surface area contributed by atoms with E-state index in [9.17, 15) is 9.46 Å². The van der Waals surface area contributed by atoms with E-state index < -0.39 is 7.75 Å². The van der Waals surface area contributed by atoms with E-state index in [0.29, 0.717) is 19.6 Å². The molecule has 6 nitrogen and oxygen atoms in total. The molecule has 1 N–H and O–H groups in total. The smallest absolute Gasteiger partial charge is 0.347 e. The topological polar surface area (TPSA) is 65.9 Å². The van der Waals surface area contributed by atoms with Gasteiger partial charge in [-0.1, -0.05) is 30.3 Å². The molecule has 2 atom stereocenters. The summed E-state index contributed by atoms with van der Waals surface area (Å²) in [7, 11) is -2.45. The molecule has 2 unspecified atom stereocenters. The van der Waals surface area contributed by atoms with Crippen molar-refractivity contribution in [3.63, 3.8) is 0 Å². The molecule has 4 rings (SSSR count). The van der Waals surface area contributed by atoms with Gasteiger partial charge in [-0.3, -0.25) is 0 Å². The fraction of sp³-hybridized carbons (Fsp3) is 0.353. The number of hydrogen-bond acceptors (Lipinski definition) is 4. The van der Waals surface area contributed by atoms with Gasteiger partial charge in [0.2, 0.25) is 0 Å². The highest BCUT2D eigenvalue weighted by molar-refractivity contribution is 7.50. The van der Waals surface area contributed by atoms with Crippen LogP contribution in [-0.2, 0) is 15.5 Å². The third-order valence-corrected chi connectivity index (χ3v) is 6.44. The fourth-order valence-corrected chi connectivity index (χ4v) is 4.62. The van der Waals surface area contributed by atoms with Gasteiger partial charge in [-0.05, 0) is 22.8 Å². The lowest BCUT2D eigenvalue weighted by molar-refractivity contribution is 0.215. The second kappa shape index (κ2) is 5.97. The lowest BCUT2D eigenvalue weighted by Crippen LogP contribution is -2.47. The summed E-state index contributed by atoms with van der Waals surface area (Å²) < 4.78 is 18.7. The number of aromatic nitrogens is 1. The average molecular weight is 345 g/mol. The molecule has 1 saturated heterocycles. The van der Waals surface area contributed by atoms with Crippen LogP contribution in [0.15, 0.2) is 42.6 Å². The Labute approximate surface area is 141 Å². The zero-order chi connectivity index (χ0) is 16.7. The van der Waals surface area contributed by atoms with Crippen molar-refractivity contribution in [1.82, 2.24) is 9.65 Å². The van der Waals surface area contributed by atoms with Crippen molar-refractivity contribution in [3.05, 3.63) is 59.3 Å². The third-order valence-electron chi connectivity index (χ3n) is 4.89. The predicted octanol–water partition coefficient (Wildman–Crippen LogP) is 2.60. The SMILES string of the molecule is COP(=O)(O)N1CCN2c3ncccc3Cc3ccccc3C2C1. The number of pyridine rings is 1. The number of hydrogen-bond donors (Lipinski definition) is 1. The van der Waals surface area contributed by atoms with Crippen molar-refractivity contribution in [3.8, 4) is 0 Å². The molecular formula is C17H20N3O3P. The summed E-state index contributed by atoms with van der Waals surface area (Å²) >= 11 is 0. The van der Waals surface area contributed by atoms with Crippen molar-refractivity contribution in [1.29, 1.82) is 0 Å². The molecule has 2 aliphatic rings. The summed E-state index contributed by atoms with van der Waals surface area (Å²) in [5.74, 6) is 0.975. The van der Waals surface area contributed by atoms with Crippen LogP contribution in [0.2, 0.25) is 0 Å². The van der Waals surface area contributed by atoms with E-state index in [1.807, 2.05) is 24.4 Å². The van der Waals surface area contributed by atoms with Crippen LogP contribution in [0.3, 0.4) is 0 Å². The van der Waals surface area contributed by atoms with E-state index in [4.69, 9.17) is 4.52 Å². The minimum atomic E-state index is -3.74. The minimum Gasteiger partial charge on any atom is -0.347 e. The van der Waals surface area contributed by atoms with Crippen LogP contribution in [-0.4, -0.2) is 41.3 Å². The first kappa shape index (κ1) is 15.8. The highest BCUT2D eigenvalue weighted by Crippen LogP contribution is 2.49. The first-order valence-corrected chi connectivity index (χ1v) is 9.55. The molecule has 0 bridgehead atoms. The van der Waals surface area contributed by atoms with Crippen LogP contribution in [0, 0.1) is 0 Å². The molecule has 2 aromatic rings. The van der Waals surface area contributed by atoms with Gasteiger partial charge in [-0.2, -0.15) is 0 Å². The first-order chi connectivity index (χ1) is 11.6. The van der Waals surface area contributed by atoms with Gasteiger partial charge in [0.15, 0.2) is 0 Å². The zero-order valence-corrected chi connectivity index (χ0v) is 14.4. The molecule has 2 aliphatic heterocycles. The predicted molar refractivity (Wildman–Crippen MR) is 92.0 cm³/mol. The maximum atomic E-state index is 12.3. The Morgan fingerprint density at radius 1 is 1.21 bits per heavy atom. The molecule has 0 saturated carbocycles. The average Bonchev–Trinajstić information content (AvgIpc) is 2.76. The molecule has 126 valence electrons. The Hall–Kier alpha value is -1.72. The fourth-order valence-electron chi connectivity index (χ4n) is 3.69. The Bertz CT molecular complexity index is 813. The number of benzene rings is 1. The van der Waals surface area contributed by atoms with Gasteiger partial charge in [0.25, 0.3) is 0 Å². The van der Waals surface area contributed by atoms with Gasteiger partial charge in [0.05, 0.1) is 6.04 Å². The van der Waals surface area contributed by atoms with E-state index in [1.54, 1.807) is 4.67 Å². The zero-order valence-electron chi connectivity index (χ0n) is 13.5. The molecule has 0 spiro atoms. The van der Waals surface area contributed by atoms with E-state index in [-0.39, 0.29) is 6.04 Å². The number of piperazine rings is 1. The molecule has 7 heteroatoms. The summed E-state index contributed by atoms with van der Waals surface area (Å²) in [6.07, 6.45) is 2.64. The Balaban J connectivity index is 1.81. The second-order valence-electron chi connectivity index (χ2n) is 6.16. The van der Waals surface area contributed by atoms with E-state index in [2.05, 4.69) is 28.1 Å². The Morgan fingerprint density at radius 2 is 2.00 bits per heavy atom. The minimum absolute atomic E-state index is 0.0123. The van der Waals surface area contributed by atoms with Gasteiger partial charge < -0.3 is 14.3 Å². The highest BCUT2D eigenvalue weighted by Gasteiger charge is 2.39. The Kier molecular flexibility index (Phi) is 3.93. The van der Waals surface area contributed by atoms with Crippen molar-refractivity contribution < 1.29 is 14.0 Å². The number of anilines is 1. The lowest BCUT2D eigenvalue weighted by Gasteiger charge is -2.42. The molecule has 1 fully saturated rings. The van der Waals surface area contributed by atoms with Crippen LogP contribution >= 0.6 is 7.75 Å². The van der Waals surface area contributed by atoms with Crippen molar-refractivity contribution >= 4 is 13.6 Å². The summed E-state index contributed by atoms with van der Waals surface area (Å²) in [5.41, 5.74) is 3.63. The first-order valence-electron chi connectivity index (χ1n) is 8.02. The number of fused-ring (bicyclic) bond motifs is 5. The van der Waals surface area contributed by atoms with Crippen molar-refractivity contribution in [2.75, 3.05) is 31.6 Å². The number of nitrogens with zero attached hydrogens (tertiary/aromatic N) is 3. The van der Waals surface area contributed by atoms with Crippen LogP contribution in [0.1, 0.15) is 22.7 Å². The number of rotatable bonds is 2. The monoisotopic (exact) mass is 345 g/mol. The van der Waals surface area contributed by atoms with Gasteiger partial charge in [0.1, 0.15) is 5.82 Å². The normalized spacial score (nSPS) is 22.8. The molecule has 1 aromatic carbocycles. The summed E-state index contributed by atoms with van der Waals surface area (Å²) in [4.78, 5) is 16.9. The van der Waals surface area contributed by atoms with Crippen molar-refractivity contribution in [2.45, 2.75) is 12.5 Å². The highest BCUT2D eigenvalue weighted by atomic mass is 31.2. The molecule has 0 amide bonds. The molecule has 0 aliphatic carbocycles. The van der Waals surface area contributed by atoms with Crippen molar-refractivity contribution in [2.24, 2.45) is 0 Å². The molecular weight excluding hydrogens is 325 g/mol. The second-order valence-corrected chi connectivity index (χ2v) is 8.07. The van der Waals surface area contributed by atoms with Crippen LogP contribution in [0.25, 0.3) is 0 Å². The van der Waals surface area contributed by atoms with Crippen LogP contribution in [0.5, 0.6) is 0 Å². The maximum Gasteiger partial charge on any atom is 0.405 e. The van der Waals surface area contributed by atoms with E-state index in [1.165, 1.54) is 23.8 Å². The molecule has 1 aromatic heterocycles. The largest absolute Gasteiger partial charge is 0.405 e. The van der Waals surface area contributed by atoms with Gasteiger partial charge in [-0.15, -0.1) is 0 Å². The molecule has 0 radical (unpaired) electrons. The summed E-state index contributed by atoms with van der Waals surface area (Å²) in [5, 5.41) is 0. The van der Waals surface area contributed by atoms with Gasteiger partial charge in [0, 0.05) is 39.4 Å². The maximum absolute atomic E-state index is 12.3. The lowest BCUT2D eigenvalue weighted by atomic mass is 9.96. The van der Waals surface area contributed by atoms with Gasteiger partial charge in [-0.25, -0.2) is 14.2 Å². The summed E-state index contributed by atoms with van der Waals surface area (Å²) in [6.45, 7) is 1.54. The third kappa shape index (κ3) is 2.56. The molecule has 3 heterocycles. The van der Waals surface area contributed by atoms with E-state index in [0.717, 1.165) is 12.2 Å². The van der Waals surface area contributed by atoms with Gasteiger partial charge >= 0.3 is 7.75 Å². The quantitative estimate of drug-likeness (QED) is 0.844.